The average Bonchev–Trinajstić information content (AvgIpc) is 3.17. The van der Waals surface area contributed by atoms with Gasteiger partial charge in [0.05, 0.1) is 18.7 Å². The van der Waals surface area contributed by atoms with Gasteiger partial charge in [-0.1, -0.05) is 36.4 Å². The number of ether oxygens (including phenoxy) is 1. The number of pyridine rings is 1. The number of morpholine rings is 1. The highest BCUT2D eigenvalue weighted by atomic mass is 16.5. The first-order valence-electron chi connectivity index (χ1n) is 9.90. The Morgan fingerprint density at radius 2 is 1.79 bits per heavy atom. The van der Waals surface area contributed by atoms with Crippen molar-refractivity contribution < 1.29 is 14.3 Å². The van der Waals surface area contributed by atoms with Crippen molar-refractivity contribution in [3.8, 4) is 0 Å². The maximum Gasteiger partial charge on any atom is 0.290 e. The lowest BCUT2D eigenvalue weighted by atomic mass is 10.1. The fourth-order valence-electron chi connectivity index (χ4n) is 3.49. The van der Waals surface area contributed by atoms with Gasteiger partial charge >= 0.3 is 0 Å². The molecule has 0 spiro atoms. The van der Waals surface area contributed by atoms with Crippen molar-refractivity contribution in [2.45, 2.75) is 12.8 Å². The summed E-state index contributed by atoms with van der Waals surface area (Å²) in [6.45, 7) is 2.64. The summed E-state index contributed by atoms with van der Waals surface area (Å²) in [6.07, 6.45) is 3.50. The van der Waals surface area contributed by atoms with Crippen LogP contribution in [0, 0.1) is 0 Å². The quantitative estimate of drug-likeness (QED) is 0.653. The molecule has 7 nitrogen and oxygen atoms in total. The van der Waals surface area contributed by atoms with Crippen LogP contribution in [0.5, 0.6) is 0 Å². The lowest BCUT2D eigenvalue weighted by Crippen LogP contribution is -2.41. The van der Waals surface area contributed by atoms with E-state index >= 15 is 0 Å². The molecule has 0 aliphatic carbocycles. The zero-order valence-corrected chi connectivity index (χ0v) is 16.2. The number of hydrogen-bond acceptors (Lipinski definition) is 4. The lowest BCUT2D eigenvalue weighted by molar-refractivity contribution is 0.0294. The van der Waals surface area contributed by atoms with E-state index in [2.05, 4.69) is 22.4 Å². The third-order valence-corrected chi connectivity index (χ3v) is 5.02. The van der Waals surface area contributed by atoms with Gasteiger partial charge in [0.15, 0.2) is 5.69 Å². The Labute approximate surface area is 169 Å². The van der Waals surface area contributed by atoms with Crippen molar-refractivity contribution in [2.24, 2.45) is 0 Å². The summed E-state index contributed by atoms with van der Waals surface area (Å²) in [5.74, 6) is -0.183. The Morgan fingerprint density at radius 3 is 2.59 bits per heavy atom. The molecule has 1 aliphatic heterocycles. The first-order chi connectivity index (χ1) is 14.2. The number of imidazole rings is 1. The van der Waals surface area contributed by atoms with E-state index in [1.165, 1.54) is 5.56 Å². The minimum Gasteiger partial charge on any atom is -0.378 e. The van der Waals surface area contributed by atoms with Gasteiger partial charge in [-0.2, -0.15) is 0 Å². The molecule has 4 rings (SSSR count). The third-order valence-electron chi connectivity index (χ3n) is 5.02. The standard InChI is InChI=1S/C22H24N4O3/c27-21(23-11-6-9-17-7-2-1-3-8-17)19-18-10-4-5-12-26(18)20(24-19)22(28)25-13-15-29-16-14-25/h1-5,7-8,10,12H,6,9,11,13-16H2,(H,23,27). The molecule has 1 saturated heterocycles. The molecule has 3 aromatic rings. The van der Waals surface area contributed by atoms with Gasteiger partial charge in [0.2, 0.25) is 5.82 Å². The van der Waals surface area contributed by atoms with Crippen molar-refractivity contribution in [1.82, 2.24) is 19.6 Å². The van der Waals surface area contributed by atoms with Crippen LogP contribution in [-0.2, 0) is 11.2 Å². The summed E-state index contributed by atoms with van der Waals surface area (Å²) in [5.41, 5.74) is 2.15. The molecule has 1 fully saturated rings. The number of nitrogens with one attached hydrogen (secondary N) is 1. The van der Waals surface area contributed by atoms with Crippen molar-refractivity contribution in [3.05, 3.63) is 71.8 Å². The summed E-state index contributed by atoms with van der Waals surface area (Å²) in [7, 11) is 0. The summed E-state index contributed by atoms with van der Waals surface area (Å²) < 4.78 is 7.01. The van der Waals surface area contributed by atoms with E-state index in [0.717, 1.165) is 12.8 Å². The molecule has 1 aromatic carbocycles. The zero-order valence-electron chi connectivity index (χ0n) is 16.2. The first-order valence-corrected chi connectivity index (χ1v) is 9.90. The minimum atomic E-state index is -0.261. The number of benzene rings is 1. The molecule has 150 valence electrons. The molecule has 2 aromatic heterocycles. The number of nitrogens with zero attached hydrogens (tertiary/aromatic N) is 3. The average molecular weight is 392 g/mol. The van der Waals surface area contributed by atoms with Gasteiger partial charge in [-0.15, -0.1) is 0 Å². The Kier molecular flexibility index (Phi) is 5.86. The van der Waals surface area contributed by atoms with E-state index in [4.69, 9.17) is 4.74 Å². The number of hydrogen-bond donors (Lipinski definition) is 1. The van der Waals surface area contributed by atoms with Gasteiger partial charge < -0.3 is 15.0 Å². The van der Waals surface area contributed by atoms with Crippen LogP contribution in [0.4, 0.5) is 0 Å². The number of aryl methyl sites for hydroxylation is 1. The Balaban J connectivity index is 1.46. The molecule has 29 heavy (non-hydrogen) atoms. The Morgan fingerprint density at radius 1 is 1.03 bits per heavy atom. The molecule has 1 N–H and O–H groups in total. The smallest absolute Gasteiger partial charge is 0.290 e. The van der Waals surface area contributed by atoms with Gasteiger partial charge in [-0.25, -0.2) is 4.98 Å². The molecule has 1 aliphatic rings. The molecule has 2 amide bonds. The van der Waals surface area contributed by atoms with Crippen LogP contribution in [-0.4, -0.2) is 58.9 Å². The lowest BCUT2D eigenvalue weighted by Gasteiger charge is -2.26. The van der Waals surface area contributed by atoms with Crippen LogP contribution in [0.1, 0.15) is 33.1 Å². The van der Waals surface area contributed by atoms with Gasteiger partial charge in [0.25, 0.3) is 11.8 Å². The predicted molar refractivity (Wildman–Crippen MR) is 109 cm³/mol. The highest BCUT2D eigenvalue weighted by Gasteiger charge is 2.26. The van der Waals surface area contributed by atoms with Crippen LogP contribution < -0.4 is 5.32 Å². The largest absolute Gasteiger partial charge is 0.378 e. The van der Waals surface area contributed by atoms with Crippen LogP contribution in [0.15, 0.2) is 54.7 Å². The van der Waals surface area contributed by atoms with E-state index in [1.807, 2.05) is 36.4 Å². The molecular weight excluding hydrogens is 368 g/mol. The second-order valence-electron chi connectivity index (χ2n) is 6.99. The van der Waals surface area contributed by atoms with Crippen LogP contribution in [0.2, 0.25) is 0 Å². The molecule has 3 heterocycles. The topological polar surface area (TPSA) is 75.9 Å². The van der Waals surface area contributed by atoms with Crippen LogP contribution in [0.3, 0.4) is 0 Å². The molecule has 7 heteroatoms. The summed E-state index contributed by atoms with van der Waals surface area (Å²) in [6, 6.07) is 15.6. The minimum absolute atomic E-state index is 0.183. The Hall–Kier alpha value is -3.19. The molecule has 0 unspecified atom stereocenters. The predicted octanol–water partition coefficient (Wildman–Crippen LogP) is 2.17. The molecule has 0 bridgehead atoms. The van der Waals surface area contributed by atoms with E-state index in [0.29, 0.717) is 38.4 Å². The number of fused-ring (bicyclic) bond motifs is 1. The van der Waals surface area contributed by atoms with Gasteiger partial charge in [-0.3, -0.25) is 14.0 Å². The second-order valence-corrected chi connectivity index (χ2v) is 6.99. The fraction of sp³-hybridized carbons (Fsp3) is 0.318. The maximum atomic E-state index is 12.9. The zero-order chi connectivity index (χ0) is 20.1. The molecular formula is C22H24N4O3. The Bertz CT molecular complexity index is 994. The van der Waals surface area contributed by atoms with Gasteiger partial charge in [0, 0.05) is 25.8 Å². The number of rotatable bonds is 6. The van der Waals surface area contributed by atoms with E-state index in [9.17, 15) is 9.59 Å². The van der Waals surface area contributed by atoms with Crippen molar-refractivity contribution in [2.75, 3.05) is 32.8 Å². The molecule has 0 atom stereocenters. The highest BCUT2D eigenvalue weighted by molar-refractivity contribution is 6.02. The van der Waals surface area contributed by atoms with Crippen molar-refractivity contribution in [1.29, 1.82) is 0 Å². The van der Waals surface area contributed by atoms with Gasteiger partial charge in [0.1, 0.15) is 0 Å². The highest BCUT2D eigenvalue weighted by Crippen LogP contribution is 2.16. The molecule has 0 radical (unpaired) electrons. The SMILES string of the molecule is O=C(NCCCc1ccccc1)c1nc(C(=O)N2CCOCC2)n2ccccc12. The van der Waals surface area contributed by atoms with E-state index in [-0.39, 0.29) is 23.3 Å². The number of carbonyl (C=O) groups is 2. The molecule has 0 saturated carbocycles. The van der Waals surface area contributed by atoms with E-state index < -0.39 is 0 Å². The second kappa shape index (κ2) is 8.87. The number of amides is 2. The third kappa shape index (κ3) is 4.30. The summed E-state index contributed by atoms with van der Waals surface area (Å²) in [5, 5.41) is 2.93. The van der Waals surface area contributed by atoms with Crippen molar-refractivity contribution >= 4 is 17.3 Å². The number of carbonyl (C=O) groups excluding carboxylic acids is 2. The number of aromatic nitrogens is 2. The van der Waals surface area contributed by atoms with E-state index in [1.54, 1.807) is 15.5 Å². The normalized spacial score (nSPS) is 14.1. The fourth-order valence-corrected chi connectivity index (χ4v) is 3.49. The summed E-state index contributed by atoms with van der Waals surface area (Å²) >= 11 is 0. The summed E-state index contributed by atoms with van der Waals surface area (Å²) in [4.78, 5) is 31.8. The first kappa shape index (κ1) is 19.1. The van der Waals surface area contributed by atoms with Crippen LogP contribution >= 0.6 is 0 Å². The van der Waals surface area contributed by atoms with Crippen LogP contribution in [0.25, 0.3) is 5.52 Å². The monoisotopic (exact) mass is 392 g/mol. The maximum absolute atomic E-state index is 12.9. The van der Waals surface area contributed by atoms with Gasteiger partial charge in [-0.05, 0) is 30.5 Å². The van der Waals surface area contributed by atoms with Crippen molar-refractivity contribution in [3.63, 3.8) is 0 Å².